The maximum Gasteiger partial charge on any atom is 0.390 e. The van der Waals surface area contributed by atoms with E-state index in [1.165, 1.54) is 0 Å². The Morgan fingerprint density at radius 3 is 2.10 bits per heavy atom. The third-order valence-electron chi connectivity index (χ3n) is 2.40. The summed E-state index contributed by atoms with van der Waals surface area (Å²) in [6, 6.07) is 0. The first-order valence-electron chi connectivity index (χ1n) is 6.73. The van der Waals surface area contributed by atoms with Gasteiger partial charge in [-0.05, 0) is 25.2 Å². The molecule has 0 rings (SSSR count). The number of guanidine groups is 1. The molecule has 0 aliphatic carbocycles. The molecule has 122 valence electrons. The van der Waals surface area contributed by atoms with Crippen molar-refractivity contribution in [3.63, 3.8) is 0 Å². The van der Waals surface area contributed by atoms with Gasteiger partial charge >= 0.3 is 6.18 Å². The van der Waals surface area contributed by atoms with Crippen molar-refractivity contribution in [3.8, 4) is 0 Å². The molecule has 0 bridgehead atoms. The first-order valence-corrected chi connectivity index (χ1v) is 6.73. The Morgan fingerprint density at radius 1 is 1.05 bits per heavy atom. The Hall–Kier alpha value is -0.210. The second-order valence-electron chi connectivity index (χ2n) is 5.72. The van der Waals surface area contributed by atoms with Crippen LogP contribution < -0.4 is 10.6 Å². The smallest absolute Gasteiger partial charge is 0.357 e. The van der Waals surface area contributed by atoms with E-state index in [4.69, 9.17) is 0 Å². The maximum atomic E-state index is 12.0. The predicted molar refractivity (Wildman–Crippen MR) is 88.8 cm³/mol. The molecule has 0 aliphatic heterocycles. The summed E-state index contributed by atoms with van der Waals surface area (Å²) in [4.78, 5) is 4.26. The van der Waals surface area contributed by atoms with Gasteiger partial charge in [-0.15, -0.1) is 24.0 Å². The van der Waals surface area contributed by atoms with Crippen LogP contribution in [0.3, 0.4) is 0 Å². The van der Waals surface area contributed by atoms with Crippen LogP contribution in [0.2, 0.25) is 0 Å². The van der Waals surface area contributed by atoms with Crippen LogP contribution in [0.5, 0.6) is 0 Å². The fraction of sp³-hybridized carbons (Fsp3) is 0.923. The molecule has 0 unspecified atom stereocenters. The molecule has 0 aromatic rings. The topological polar surface area (TPSA) is 36.4 Å². The molecule has 0 saturated heterocycles. The van der Waals surface area contributed by atoms with Crippen LogP contribution in [0.15, 0.2) is 4.99 Å². The van der Waals surface area contributed by atoms with Gasteiger partial charge in [-0.3, -0.25) is 4.99 Å². The van der Waals surface area contributed by atoms with E-state index in [1.807, 2.05) is 6.92 Å². The highest BCUT2D eigenvalue weighted by molar-refractivity contribution is 14.0. The molecule has 0 fully saturated rings. The molecular formula is C13H27F3IN3. The molecule has 0 spiro atoms. The van der Waals surface area contributed by atoms with Crippen LogP contribution in [0.1, 0.15) is 47.0 Å². The van der Waals surface area contributed by atoms with Crippen LogP contribution in [-0.2, 0) is 0 Å². The number of nitrogens with zero attached hydrogens (tertiary/aromatic N) is 1. The van der Waals surface area contributed by atoms with E-state index in [2.05, 4.69) is 36.4 Å². The fourth-order valence-electron chi connectivity index (χ4n) is 1.46. The molecular weight excluding hydrogens is 382 g/mol. The summed E-state index contributed by atoms with van der Waals surface area (Å²) in [6.45, 7) is 9.47. The molecule has 0 saturated carbocycles. The van der Waals surface area contributed by atoms with Crippen molar-refractivity contribution in [2.75, 3.05) is 19.6 Å². The van der Waals surface area contributed by atoms with E-state index in [9.17, 15) is 13.2 Å². The van der Waals surface area contributed by atoms with Gasteiger partial charge in [0, 0.05) is 19.6 Å². The number of nitrogens with one attached hydrogen (secondary N) is 2. The number of alkyl halides is 3. The minimum absolute atomic E-state index is 0. The van der Waals surface area contributed by atoms with Crippen molar-refractivity contribution in [3.05, 3.63) is 0 Å². The Morgan fingerprint density at radius 2 is 1.65 bits per heavy atom. The first-order chi connectivity index (χ1) is 8.64. The summed E-state index contributed by atoms with van der Waals surface area (Å²) in [6.07, 6.45) is -3.01. The average molecular weight is 409 g/mol. The fourth-order valence-corrected chi connectivity index (χ4v) is 1.46. The van der Waals surface area contributed by atoms with E-state index in [-0.39, 0.29) is 35.9 Å². The summed E-state index contributed by atoms with van der Waals surface area (Å²) in [5, 5.41) is 5.63. The van der Waals surface area contributed by atoms with Gasteiger partial charge in [-0.2, -0.15) is 13.2 Å². The number of rotatable bonds is 6. The summed E-state index contributed by atoms with van der Waals surface area (Å²) >= 11 is 0. The highest BCUT2D eigenvalue weighted by Gasteiger charge is 2.26. The van der Waals surface area contributed by atoms with Crippen molar-refractivity contribution in [2.24, 2.45) is 10.4 Å². The minimum Gasteiger partial charge on any atom is -0.357 e. The summed E-state index contributed by atoms with van der Waals surface area (Å²) in [7, 11) is 0. The largest absolute Gasteiger partial charge is 0.390 e. The molecule has 0 amide bonds. The maximum absolute atomic E-state index is 12.0. The lowest BCUT2D eigenvalue weighted by Gasteiger charge is -2.17. The number of hydrogen-bond acceptors (Lipinski definition) is 1. The number of aliphatic imine (C=N–C) groups is 1. The van der Waals surface area contributed by atoms with E-state index >= 15 is 0 Å². The summed E-state index contributed by atoms with van der Waals surface area (Å²) in [5.41, 5.74) is 0.261. The molecule has 0 aromatic carbocycles. The molecule has 3 nitrogen and oxygen atoms in total. The normalized spacial score (nSPS) is 12.8. The van der Waals surface area contributed by atoms with Gasteiger partial charge in [-0.1, -0.05) is 20.8 Å². The summed E-state index contributed by atoms with van der Waals surface area (Å²) in [5.74, 6) is 0.459. The van der Waals surface area contributed by atoms with Gasteiger partial charge in [0.2, 0.25) is 0 Å². The Kier molecular flexibility index (Phi) is 11.6. The molecule has 0 radical (unpaired) electrons. The highest BCUT2D eigenvalue weighted by atomic mass is 127. The van der Waals surface area contributed by atoms with Crippen LogP contribution in [0.25, 0.3) is 0 Å². The van der Waals surface area contributed by atoms with Gasteiger partial charge in [0.1, 0.15) is 0 Å². The second-order valence-corrected chi connectivity index (χ2v) is 5.72. The average Bonchev–Trinajstić information content (AvgIpc) is 2.21. The van der Waals surface area contributed by atoms with Crippen LogP contribution in [0, 0.1) is 5.41 Å². The van der Waals surface area contributed by atoms with E-state index in [0.29, 0.717) is 19.0 Å². The zero-order valence-corrected chi connectivity index (χ0v) is 15.1. The van der Waals surface area contributed by atoms with Gasteiger partial charge in [-0.25, -0.2) is 0 Å². The Bertz CT molecular complexity index is 273. The van der Waals surface area contributed by atoms with Crippen LogP contribution in [0.4, 0.5) is 13.2 Å². The highest BCUT2D eigenvalue weighted by Crippen LogP contribution is 2.20. The molecule has 0 atom stereocenters. The van der Waals surface area contributed by atoms with Crippen molar-refractivity contribution >= 4 is 29.9 Å². The lowest BCUT2D eigenvalue weighted by atomic mass is 9.91. The van der Waals surface area contributed by atoms with Crippen molar-refractivity contribution in [1.29, 1.82) is 0 Å². The Labute approximate surface area is 137 Å². The monoisotopic (exact) mass is 409 g/mol. The number of halogens is 4. The van der Waals surface area contributed by atoms with Gasteiger partial charge in [0.15, 0.2) is 5.96 Å². The van der Waals surface area contributed by atoms with E-state index in [0.717, 1.165) is 12.8 Å². The zero-order chi connectivity index (χ0) is 14.9. The molecule has 20 heavy (non-hydrogen) atoms. The third-order valence-corrected chi connectivity index (χ3v) is 2.40. The molecule has 0 aliphatic rings. The first kappa shape index (κ1) is 22.1. The van der Waals surface area contributed by atoms with Gasteiger partial charge < -0.3 is 10.6 Å². The SMILES string of the molecule is CCNC(=NCCCC(C)(C)C)NCCC(F)(F)F.I. The predicted octanol–water partition coefficient (Wildman–Crippen LogP) is 3.94. The standard InChI is InChI=1S/C13H26F3N3.HI/c1-5-17-11(19-10-8-13(14,15)16)18-9-6-7-12(2,3)4;/h5-10H2,1-4H3,(H2,17,18,19);1H. The zero-order valence-electron chi connectivity index (χ0n) is 12.7. The molecule has 7 heteroatoms. The van der Waals surface area contributed by atoms with Crippen molar-refractivity contribution in [1.82, 2.24) is 10.6 Å². The van der Waals surface area contributed by atoms with Gasteiger partial charge in [0.05, 0.1) is 6.42 Å². The lowest BCUT2D eigenvalue weighted by molar-refractivity contribution is -0.132. The van der Waals surface area contributed by atoms with Gasteiger partial charge in [0.25, 0.3) is 0 Å². The minimum atomic E-state index is -4.13. The quantitative estimate of drug-likeness (QED) is 0.302. The van der Waals surface area contributed by atoms with Crippen molar-refractivity contribution < 1.29 is 13.2 Å². The third kappa shape index (κ3) is 15.8. The summed E-state index contributed by atoms with van der Waals surface area (Å²) < 4.78 is 36.1. The van der Waals surface area contributed by atoms with Crippen molar-refractivity contribution in [2.45, 2.75) is 53.1 Å². The molecule has 2 N–H and O–H groups in total. The second kappa shape index (κ2) is 10.5. The van der Waals surface area contributed by atoms with Crippen LogP contribution >= 0.6 is 24.0 Å². The van der Waals surface area contributed by atoms with E-state index < -0.39 is 12.6 Å². The molecule has 0 heterocycles. The Balaban J connectivity index is 0. The van der Waals surface area contributed by atoms with E-state index in [1.54, 1.807) is 0 Å². The molecule has 0 aromatic heterocycles. The number of hydrogen-bond donors (Lipinski definition) is 2. The lowest BCUT2D eigenvalue weighted by Crippen LogP contribution is -2.39. The van der Waals surface area contributed by atoms with Crippen LogP contribution in [-0.4, -0.2) is 31.8 Å².